The molecule has 0 aliphatic carbocycles. The molecule has 1 aromatic heterocycles. The third-order valence-corrected chi connectivity index (χ3v) is 3.64. The van der Waals surface area contributed by atoms with Crippen molar-refractivity contribution < 1.29 is 0 Å². The van der Waals surface area contributed by atoms with E-state index >= 15 is 0 Å². The van der Waals surface area contributed by atoms with Crippen molar-refractivity contribution in [2.24, 2.45) is 5.73 Å². The highest BCUT2D eigenvalue weighted by atomic mass is 79.9. The van der Waals surface area contributed by atoms with Crippen LogP contribution in [-0.4, -0.2) is 14.8 Å². The van der Waals surface area contributed by atoms with E-state index in [0.29, 0.717) is 0 Å². The lowest BCUT2D eigenvalue weighted by molar-refractivity contribution is 0.454. The van der Waals surface area contributed by atoms with Crippen molar-refractivity contribution in [2.45, 2.75) is 25.4 Å². The SMILES string of the molecule is NC1CCCn2c(-c3ccc(Br)cc3)nnc21. The summed E-state index contributed by atoms with van der Waals surface area (Å²) in [6, 6.07) is 8.14. The summed E-state index contributed by atoms with van der Waals surface area (Å²) in [5.74, 6) is 1.83. The Hall–Kier alpha value is -1.20. The lowest BCUT2D eigenvalue weighted by Gasteiger charge is -2.20. The van der Waals surface area contributed by atoms with Crippen LogP contribution in [0.15, 0.2) is 28.7 Å². The predicted molar refractivity (Wildman–Crippen MR) is 69.3 cm³/mol. The molecule has 0 bridgehead atoms. The van der Waals surface area contributed by atoms with Crippen molar-refractivity contribution in [3.8, 4) is 11.4 Å². The van der Waals surface area contributed by atoms with Gasteiger partial charge in [0, 0.05) is 16.6 Å². The molecular weight excluding hydrogens is 280 g/mol. The average Bonchev–Trinajstić information content (AvgIpc) is 2.75. The molecule has 2 heterocycles. The van der Waals surface area contributed by atoms with Crippen molar-refractivity contribution in [1.29, 1.82) is 0 Å². The van der Waals surface area contributed by atoms with Gasteiger partial charge in [0.15, 0.2) is 5.82 Å². The molecule has 1 aliphatic heterocycles. The first-order chi connectivity index (χ1) is 8.25. The van der Waals surface area contributed by atoms with Crippen molar-refractivity contribution >= 4 is 15.9 Å². The van der Waals surface area contributed by atoms with Crippen molar-refractivity contribution in [1.82, 2.24) is 14.8 Å². The van der Waals surface area contributed by atoms with Gasteiger partial charge in [-0.1, -0.05) is 28.1 Å². The third kappa shape index (κ3) is 1.89. The molecule has 1 unspecified atom stereocenters. The first kappa shape index (κ1) is 10.9. The fraction of sp³-hybridized carbons (Fsp3) is 0.333. The Morgan fingerprint density at radius 1 is 1.24 bits per heavy atom. The first-order valence-corrected chi connectivity index (χ1v) is 6.49. The molecular formula is C12H13BrN4. The Morgan fingerprint density at radius 3 is 2.76 bits per heavy atom. The maximum atomic E-state index is 6.03. The van der Waals surface area contributed by atoms with Crippen LogP contribution >= 0.6 is 15.9 Å². The van der Waals surface area contributed by atoms with E-state index in [1.807, 2.05) is 24.3 Å². The molecule has 5 heteroatoms. The minimum atomic E-state index is 0.0282. The van der Waals surface area contributed by atoms with Gasteiger partial charge in [0.05, 0.1) is 6.04 Å². The summed E-state index contributed by atoms with van der Waals surface area (Å²) >= 11 is 3.43. The molecule has 4 nitrogen and oxygen atoms in total. The van der Waals surface area contributed by atoms with E-state index in [9.17, 15) is 0 Å². The number of nitrogens with zero attached hydrogens (tertiary/aromatic N) is 3. The van der Waals surface area contributed by atoms with Gasteiger partial charge in [-0.05, 0) is 25.0 Å². The fourth-order valence-electron chi connectivity index (χ4n) is 2.22. The molecule has 0 spiro atoms. The molecule has 88 valence electrons. The molecule has 2 N–H and O–H groups in total. The fourth-order valence-corrected chi connectivity index (χ4v) is 2.49. The summed E-state index contributed by atoms with van der Waals surface area (Å²) < 4.78 is 3.20. The zero-order chi connectivity index (χ0) is 11.8. The highest BCUT2D eigenvalue weighted by molar-refractivity contribution is 9.10. The molecule has 3 rings (SSSR count). The minimum absolute atomic E-state index is 0.0282. The van der Waals surface area contributed by atoms with Crippen molar-refractivity contribution in [3.63, 3.8) is 0 Å². The monoisotopic (exact) mass is 292 g/mol. The standard InChI is InChI=1S/C12H13BrN4/c13-9-5-3-8(4-6-9)11-15-16-12-10(14)2-1-7-17(11)12/h3-6,10H,1-2,7,14H2. The van der Waals surface area contributed by atoms with Gasteiger partial charge in [-0.3, -0.25) is 0 Å². The number of hydrogen-bond acceptors (Lipinski definition) is 3. The zero-order valence-electron chi connectivity index (χ0n) is 9.31. The minimum Gasteiger partial charge on any atom is -0.321 e. The molecule has 1 aliphatic rings. The number of rotatable bonds is 1. The van der Waals surface area contributed by atoms with Gasteiger partial charge >= 0.3 is 0 Å². The van der Waals surface area contributed by atoms with E-state index in [2.05, 4.69) is 30.7 Å². The largest absolute Gasteiger partial charge is 0.321 e. The predicted octanol–water partition coefficient (Wildman–Crippen LogP) is 2.50. The van der Waals surface area contributed by atoms with Crippen LogP contribution in [0.25, 0.3) is 11.4 Å². The average molecular weight is 293 g/mol. The molecule has 0 fully saturated rings. The maximum Gasteiger partial charge on any atom is 0.164 e. The molecule has 0 saturated carbocycles. The summed E-state index contributed by atoms with van der Waals surface area (Å²) in [4.78, 5) is 0. The van der Waals surface area contributed by atoms with Crippen LogP contribution in [-0.2, 0) is 6.54 Å². The molecule has 0 saturated heterocycles. The molecule has 0 radical (unpaired) electrons. The lowest BCUT2D eigenvalue weighted by Crippen LogP contribution is -2.22. The Bertz CT molecular complexity index is 532. The maximum absolute atomic E-state index is 6.03. The van der Waals surface area contributed by atoms with Gasteiger partial charge in [0.2, 0.25) is 0 Å². The van der Waals surface area contributed by atoms with E-state index in [1.165, 1.54) is 0 Å². The van der Waals surface area contributed by atoms with Crippen LogP contribution < -0.4 is 5.73 Å². The highest BCUT2D eigenvalue weighted by Crippen LogP contribution is 2.27. The molecule has 1 aromatic carbocycles. The van der Waals surface area contributed by atoms with E-state index in [1.54, 1.807) is 0 Å². The lowest BCUT2D eigenvalue weighted by atomic mass is 10.1. The summed E-state index contributed by atoms with van der Waals surface area (Å²) in [7, 11) is 0. The Labute approximate surface area is 108 Å². The van der Waals surface area contributed by atoms with Crippen molar-refractivity contribution in [2.75, 3.05) is 0 Å². The van der Waals surface area contributed by atoms with Crippen LogP contribution in [0.3, 0.4) is 0 Å². The summed E-state index contributed by atoms with van der Waals surface area (Å²) in [5.41, 5.74) is 7.12. The molecule has 1 atom stereocenters. The Kier molecular flexibility index (Phi) is 2.72. The number of halogens is 1. The third-order valence-electron chi connectivity index (χ3n) is 3.11. The van der Waals surface area contributed by atoms with Crippen LogP contribution in [0.4, 0.5) is 0 Å². The van der Waals surface area contributed by atoms with Gasteiger partial charge in [0.1, 0.15) is 5.82 Å². The Balaban J connectivity index is 2.07. The normalized spacial score (nSPS) is 19.1. The van der Waals surface area contributed by atoms with Crippen LogP contribution in [0, 0.1) is 0 Å². The molecule has 2 aromatic rings. The van der Waals surface area contributed by atoms with Crippen LogP contribution in [0.5, 0.6) is 0 Å². The van der Waals surface area contributed by atoms with E-state index in [0.717, 1.165) is 41.1 Å². The number of benzene rings is 1. The van der Waals surface area contributed by atoms with Gasteiger partial charge in [-0.25, -0.2) is 0 Å². The summed E-state index contributed by atoms with van der Waals surface area (Å²) in [6.07, 6.45) is 2.09. The van der Waals surface area contributed by atoms with Gasteiger partial charge in [-0.2, -0.15) is 0 Å². The topological polar surface area (TPSA) is 56.7 Å². The summed E-state index contributed by atoms with van der Waals surface area (Å²) in [5, 5.41) is 8.48. The van der Waals surface area contributed by atoms with E-state index < -0.39 is 0 Å². The van der Waals surface area contributed by atoms with Gasteiger partial charge in [-0.15, -0.1) is 10.2 Å². The van der Waals surface area contributed by atoms with Crippen molar-refractivity contribution in [3.05, 3.63) is 34.6 Å². The summed E-state index contributed by atoms with van der Waals surface area (Å²) in [6.45, 7) is 0.960. The van der Waals surface area contributed by atoms with Crippen LogP contribution in [0.1, 0.15) is 24.7 Å². The molecule has 17 heavy (non-hydrogen) atoms. The van der Waals surface area contributed by atoms with E-state index in [4.69, 9.17) is 5.73 Å². The highest BCUT2D eigenvalue weighted by Gasteiger charge is 2.22. The van der Waals surface area contributed by atoms with Crippen LogP contribution in [0.2, 0.25) is 0 Å². The number of aromatic nitrogens is 3. The first-order valence-electron chi connectivity index (χ1n) is 5.70. The second-order valence-corrected chi connectivity index (χ2v) is 5.20. The number of nitrogens with two attached hydrogens (primary N) is 1. The van der Waals surface area contributed by atoms with Gasteiger partial charge in [0.25, 0.3) is 0 Å². The number of fused-ring (bicyclic) bond motifs is 1. The quantitative estimate of drug-likeness (QED) is 0.879. The smallest absolute Gasteiger partial charge is 0.164 e. The zero-order valence-corrected chi connectivity index (χ0v) is 10.9. The second kappa shape index (κ2) is 4.23. The molecule has 0 amide bonds. The second-order valence-electron chi connectivity index (χ2n) is 4.29. The Morgan fingerprint density at radius 2 is 2.00 bits per heavy atom. The van der Waals surface area contributed by atoms with E-state index in [-0.39, 0.29) is 6.04 Å². The number of hydrogen-bond donors (Lipinski definition) is 1. The van der Waals surface area contributed by atoms with Gasteiger partial charge < -0.3 is 10.3 Å².